The second-order valence-corrected chi connectivity index (χ2v) is 6.77. The van der Waals surface area contributed by atoms with Gasteiger partial charge in [-0.1, -0.05) is 6.07 Å². The minimum absolute atomic E-state index is 0.212. The van der Waals surface area contributed by atoms with Gasteiger partial charge in [-0.2, -0.15) is 0 Å². The predicted octanol–water partition coefficient (Wildman–Crippen LogP) is 4.13. The van der Waals surface area contributed by atoms with Crippen LogP contribution in [0.3, 0.4) is 0 Å². The zero-order valence-electron chi connectivity index (χ0n) is 16.1. The second-order valence-electron chi connectivity index (χ2n) is 6.77. The number of nitrogens with zero attached hydrogens (tertiary/aromatic N) is 1. The van der Waals surface area contributed by atoms with Gasteiger partial charge in [0.2, 0.25) is 0 Å². The summed E-state index contributed by atoms with van der Waals surface area (Å²) in [6.07, 6.45) is 1.49. The number of fused-ring (bicyclic) bond motifs is 2. The molecule has 0 N–H and O–H groups in total. The summed E-state index contributed by atoms with van der Waals surface area (Å²) in [6, 6.07) is 10.8. The van der Waals surface area contributed by atoms with E-state index in [2.05, 4.69) is 0 Å². The molecule has 2 aromatic carbocycles. The van der Waals surface area contributed by atoms with Crippen molar-refractivity contribution in [2.24, 2.45) is 0 Å². The molecule has 6 heteroatoms. The number of carbonyl (C=O) groups excluding carboxylic acids is 2. The number of benzene rings is 2. The number of furan rings is 1. The molecule has 0 spiro atoms. The Bertz CT molecular complexity index is 1080. The van der Waals surface area contributed by atoms with E-state index in [1.54, 1.807) is 36.3 Å². The van der Waals surface area contributed by atoms with Crippen molar-refractivity contribution in [1.82, 2.24) is 0 Å². The first-order valence-corrected chi connectivity index (χ1v) is 9.14. The maximum Gasteiger partial charge on any atom is 0.338 e. The van der Waals surface area contributed by atoms with Gasteiger partial charge in [0.15, 0.2) is 5.76 Å². The van der Waals surface area contributed by atoms with Crippen molar-refractivity contribution < 1.29 is 23.5 Å². The molecule has 0 atom stereocenters. The smallest absolute Gasteiger partial charge is 0.338 e. The highest BCUT2D eigenvalue weighted by Gasteiger charge is 2.30. The number of methoxy groups -OCH3 is 2. The number of ether oxygens (including phenoxy) is 2. The van der Waals surface area contributed by atoms with Crippen LogP contribution < -0.4 is 9.64 Å². The van der Waals surface area contributed by atoms with Gasteiger partial charge in [0.25, 0.3) is 5.91 Å². The molecule has 1 aliphatic rings. The van der Waals surface area contributed by atoms with Gasteiger partial charge in [-0.3, -0.25) is 4.79 Å². The summed E-state index contributed by atoms with van der Waals surface area (Å²) in [5.41, 5.74) is 3.49. The third kappa shape index (κ3) is 2.81. The summed E-state index contributed by atoms with van der Waals surface area (Å²) in [7, 11) is 2.96. The Morgan fingerprint density at radius 2 is 1.96 bits per heavy atom. The van der Waals surface area contributed by atoms with Crippen LogP contribution in [0.2, 0.25) is 0 Å². The third-order valence-electron chi connectivity index (χ3n) is 5.24. The zero-order chi connectivity index (χ0) is 19.8. The van der Waals surface area contributed by atoms with Gasteiger partial charge in [-0.15, -0.1) is 0 Å². The van der Waals surface area contributed by atoms with Crippen LogP contribution in [-0.2, 0) is 11.2 Å². The van der Waals surface area contributed by atoms with Gasteiger partial charge in [-0.05, 0) is 55.7 Å². The maximum absolute atomic E-state index is 13.3. The topological polar surface area (TPSA) is 69.0 Å². The van der Waals surface area contributed by atoms with Crippen molar-refractivity contribution in [3.05, 3.63) is 58.8 Å². The number of hydrogen-bond acceptors (Lipinski definition) is 5. The average Bonchev–Trinajstić information content (AvgIpc) is 3.07. The van der Waals surface area contributed by atoms with E-state index in [4.69, 9.17) is 13.9 Å². The fraction of sp³-hybridized carbons (Fsp3) is 0.273. The van der Waals surface area contributed by atoms with Crippen LogP contribution in [0.15, 0.2) is 40.8 Å². The maximum atomic E-state index is 13.3. The minimum Gasteiger partial charge on any atom is -0.497 e. The molecule has 0 radical (unpaired) electrons. The van der Waals surface area contributed by atoms with Crippen molar-refractivity contribution in [2.45, 2.75) is 19.8 Å². The molecule has 1 amide bonds. The van der Waals surface area contributed by atoms with Gasteiger partial charge >= 0.3 is 5.97 Å². The number of hydrogen-bond donors (Lipinski definition) is 0. The number of carbonyl (C=O) groups is 2. The van der Waals surface area contributed by atoms with Crippen LogP contribution in [0.25, 0.3) is 11.0 Å². The summed E-state index contributed by atoms with van der Waals surface area (Å²) in [6.45, 7) is 2.44. The molecule has 0 aliphatic carbocycles. The molecule has 0 saturated heterocycles. The molecular weight excluding hydrogens is 358 g/mol. The van der Waals surface area contributed by atoms with Gasteiger partial charge < -0.3 is 18.8 Å². The number of amides is 1. The molecule has 3 aromatic rings. The second kappa shape index (κ2) is 7.03. The predicted molar refractivity (Wildman–Crippen MR) is 105 cm³/mol. The molecule has 28 heavy (non-hydrogen) atoms. The van der Waals surface area contributed by atoms with Crippen molar-refractivity contribution in [3.8, 4) is 5.75 Å². The Morgan fingerprint density at radius 1 is 1.14 bits per heavy atom. The number of esters is 1. The first-order chi connectivity index (χ1) is 13.5. The van der Waals surface area contributed by atoms with E-state index in [9.17, 15) is 9.59 Å². The molecule has 4 rings (SSSR count). The Morgan fingerprint density at radius 3 is 2.71 bits per heavy atom. The van der Waals surface area contributed by atoms with E-state index in [0.29, 0.717) is 29.2 Å². The normalized spacial score (nSPS) is 13.3. The summed E-state index contributed by atoms with van der Waals surface area (Å²) in [5, 5.41) is 0.850. The fourth-order valence-electron chi connectivity index (χ4n) is 3.79. The first-order valence-electron chi connectivity index (χ1n) is 9.14. The number of aryl methyl sites for hydroxylation is 1. The SMILES string of the molecule is COC(=O)c1cccc2c1CCCN2C(=O)c1oc2ccc(OC)cc2c1C. The number of anilines is 1. The van der Waals surface area contributed by atoms with Gasteiger partial charge in [0.05, 0.1) is 19.8 Å². The van der Waals surface area contributed by atoms with Crippen molar-refractivity contribution in [1.29, 1.82) is 0 Å². The van der Waals surface area contributed by atoms with Crippen LogP contribution in [0.5, 0.6) is 5.75 Å². The van der Waals surface area contributed by atoms with E-state index in [1.165, 1.54) is 7.11 Å². The lowest BCUT2D eigenvalue weighted by atomic mass is 9.96. The summed E-state index contributed by atoms with van der Waals surface area (Å²) < 4.78 is 16.1. The highest BCUT2D eigenvalue weighted by molar-refractivity contribution is 6.09. The molecule has 0 fully saturated rings. The van der Waals surface area contributed by atoms with Crippen LogP contribution in [-0.4, -0.2) is 32.6 Å². The van der Waals surface area contributed by atoms with Crippen molar-refractivity contribution in [3.63, 3.8) is 0 Å². The van der Waals surface area contributed by atoms with E-state index < -0.39 is 5.97 Å². The molecule has 1 aromatic heterocycles. The summed E-state index contributed by atoms with van der Waals surface area (Å²) in [5.74, 6) is 0.412. The van der Waals surface area contributed by atoms with Crippen LogP contribution >= 0.6 is 0 Å². The van der Waals surface area contributed by atoms with E-state index >= 15 is 0 Å². The van der Waals surface area contributed by atoms with Crippen molar-refractivity contribution >= 4 is 28.5 Å². The molecule has 6 nitrogen and oxygen atoms in total. The average molecular weight is 379 g/mol. The molecule has 1 aliphatic heterocycles. The fourth-order valence-corrected chi connectivity index (χ4v) is 3.79. The molecule has 0 bridgehead atoms. The van der Waals surface area contributed by atoms with Crippen molar-refractivity contribution in [2.75, 3.05) is 25.7 Å². The Kier molecular flexibility index (Phi) is 4.55. The lowest BCUT2D eigenvalue weighted by Crippen LogP contribution is -2.36. The number of rotatable bonds is 3. The lowest BCUT2D eigenvalue weighted by molar-refractivity contribution is 0.0599. The zero-order valence-corrected chi connectivity index (χ0v) is 16.1. The van der Waals surface area contributed by atoms with Crippen LogP contribution in [0, 0.1) is 6.92 Å². The van der Waals surface area contributed by atoms with Gasteiger partial charge in [0, 0.05) is 23.2 Å². The molecule has 0 saturated carbocycles. The summed E-state index contributed by atoms with van der Waals surface area (Å²) >= 11 is 0. The van der Waals surface area contributed by atoms with Crippen LogP contribution in [0.1, 0.15) is 38.5 Å². The van der Waals surface area contributed by atoms with E-state index in [-0.39, 0.29) is 5.91 Å². The molecule has 2 heterocycles. The molecular formula is C22H21NO5. The third-order valence-corrected chi connectivity index (χ3v) is 5.24. The quantitative estimate of drug-likeness (QED) is 0.640. The highest BCUT2D eigenvalue weighted by Crippen LogP contribution is 2.34. The molecule has 0 unspecified atom stereocenters. The Hall–Kier alpha value is -3.28. The first kappa shape index (κ1) is 18.1. The largest absolute Gasteiger partial charge is 0.497 e. The highest BCUT2D eigenvalue weighted by atomic mass is 16.5. The summed E-state index contributed by atoms with van der Waals surface area (Å²) in [4.78, 5) is 27.1. The minimum atomic E-state index is -0.391. The van der Waals surface area contributed by atoms with E-state index in [1.807, 2.05) is 19.1 Å². The monoisotopic (exact) mass is 379 g/mol. The molecule has 144 valence electrons. The van der Waals surface area contributed by atoms with E-state index in [0.717, 1.165) is 35.0 Å². The Balaban J connectivity index is 1.78. The van der Waals surface area contributed by atoms with Gasteiger partial charge in [0.1, 0.15) is 11.3 Å². The standard InChI is InChI=1S/C22H21NO5/c1-13-17-12-14(26-2)9-10-19(17)28-20(13)21(24)23-11-5-7-15-16(22(25)27-3)6-4-8-18(15)23/h4,6,8-10,12H,5,7,11H2,1-3H3. The van der Waals surface area contributed by atoms with Crippen LogP contribution in [0.4, 0.5) is 5.69 Å². The lowest BCUT2D eigenvalue weighted by Gasteiger charge is -2.30. The van der Waals surface area contributed by atoms with Gasteiger partial charge in [-0.25, -0.2) is 4.79 Å². The Labute approximate surface area is 162 Å².